The number of alkyl halides is 1. The molecule has 0 aliphatic heterocycles. The van der Waals surface area contributed by atoms with Crippen molar-refractivity contribution in [3.63, 3.8) is 0 Å². The summed E-state index contributed by atoms with van der Waals surface area (Å²) in [6.45, 7) is 0. The molecule has 0 radical (unpaired) electrons. The Bertz CT molecular complexity index is 431. The minimum absolute atomic E-state index is 0.264. The van der Waals surface area contributed by atoms with Crippen LogP contribution in [-0.4, -0.2) is 20.9 Å². The van der Waals surface area contributed by atoms with E-state index in [4.69, 9.17) is 4.74 Å². The lowest BCUT2D eigenvalue weighted by Crippen LogP contribution is -1.99. The van der Waals surface area contributed by atoms with Gasteiger partial charge in [-0.25, -0.2) is 8.42 Å². The van der Waals surface area contributed by atoms with Crippen LogP contribution in [0.4, 0.5) is 0 Å². The minimum atomic E-state index is -3.40. The van der Waals surface area contributed by atoms with Crippen LogP contribution < -0.4 is 0 Å². The third-order valence-electron chi connectivity index (χ3n) is 1.75. The maximum Gasteiger partial charge on any atom is 0.203 e. The van der Waals surface area contributed by atoms with Crippen molar-refractivity contribution in [3.05, 3.63) is 41.5 Å². The van der Waals surface area contributed by atoms with E-state index in [0.717, 1.165) is 5.41 Å². The van der Waals surface area contributed by atoms with Gasteiger partial charge < -0.3 is 4.74 Å². The Morgan fingerprint density at radius 2 is 2.00 bits per heavy atom. The van der Waals surface area contributed by atoms with Gasteiger partial charge in [0.15, 0.2) is 0 Å². The second-order valence-corrected chi connectivity index (χ2v) is 5.14. The normalized spacial score (nSPS) is 12.5. The van der Waals surface area contributed by atoms with E-state index in [1.165, 1.54) is 7.11 Å². The van der Waals surface area contributed by atoms with Crippen molar-refractivity contribution in [2.24, 2.45) is 0 Å². The van der Waals surface area contributed by atoms with Crippen LogP contribution in [-0.2, 0) is 14.6 Å². The summed E-state index contributed by atoms with van der Waals surface area (Å²) in [6.07, 6.45) is 0. The molecule has 0 unspecified atom stereocenters. The molecule has 5 heteroatoms. The lowest BCUT2D eigenvalue weighted by Gasteiger charge is -2.02. The van der Waals surface area contributed by atoms with Crippen molar-refractivity contribution in [1.82, 2.24) is 0 Å². The minimum Gasteiger partial charge on any atom is -0.499 e. The lowest BCUT2D eigenvalue weighted by molar-refractivity contribution is 0.297. The van der Waals surface area contributed by atoms with E-state index in [-0.39, 0.29) is 4.90 Å². The number of rotatable bonds is 4. The molecule has 0 bridgehead atoms. The Morgan fingerprint density at radius 1 is 1.40 bits per heavy atom. The van der Waals surface area contributed by atoms with Crippen molar-refractivity contribution in [2.75, 3.05) is 12.4 Å². The summed E-state index contributed by atoms with van der Waals surface area (Å²) in [4.78, 5) is 0.264. The predicted octanol–water partition coefficient (Wildman–Crippen LogP) is 2.34. The number of sulfone groups is 1. The van der Waals surface area contributed by atoms with E-state index in [1.807, 2.05) is 0 Å². The molecule has 0 aliphatic rings. The van der Waals surface area contributed by atoms with Crippen molar-refractivity contribution in [1.29, 1.82) is 0 Å². The van der Waals surface area contributed by atoms with Crippen molar-refractivity contribution in [3.8, 4) is 0 Å². The van der Waals surface area contributed by atoms with Gasteiger partial charge in [0.05, 0.1) is 22.7 Å². The van der Waals surface area contributed by atoms with Gasteiger partial charge in [-0.05, 0) is 12.1 Å². The molecule has 0 amide bonds. The highest BCUT2D eigenvalue weighted by Gasteiger charge is 2.11. The zero-order chi connectivity index (χ0) is 11.3. The van der Waals surface area contributed by atoms with Crippen LogP contribution in [0.15, 0.2) is 46.4 Å². The molecule has 82 valence electrons. The van der Waals surface area contributed by atoms with Gasteiger partial charge >= 0.3 is 0 Å². The molecule has 0 spiro atoms. The van der Waals surface area contributed by atoms with Crippen LogP contribution in [0.1, 0.15) is 0 Å². The van der Waals surface area contributed by atoms with Crippen LogP contribution in [0.5, 0.6) is 0 Å². The quantitative estimate of drug-likeness (QED) is 0.631. The SMILES string of the molecule is CO/C(=C\S(=O)(=O)c1ccccc1)CBr. The smallest absolute Gasteiger partial charge is 0.203 e. The van der Waals surface area contributed by atoms with E-state index in [2.05, 4.69) is 15.9 Å². The fourth-order valence-electron chi connectivity index (χ4n) is 0.985. The predicted molar refractivity (Wildman–Crippen MR) is 62.5 cm³/mol. The maximum absolute atomic E-state index is 11.8. The third kappa shape index (κ3) is 3.35. The summed E-state index contributed by atoms with van der Waals surface area (Å²) in [6, 6.07) is 8.23. The molecular weight excluding hydrogens is 280 g/mol. The summed E-state index contributed by atoms with van der Waals surface area (Å²) in [5, 5.41) is 1.49. The van der Waals surface area contributed by atoms with Crippen molar-refractivity contribution < 1.29 is 13.2 Å². The Hall–Kier alpha value is -0.810. The van der Waals surface area contributed by atoms with Gasteiger partial charge in [-0.15, -0.1) is 0 Å². The van der Waals surface area contributed by atoms with Gasteiger partial charge in [-0.2, -0.15) is 0 Å². The first kappa shape index (κ1) is 12.3. The maximum atomic E-state index is 11.8. The largest absolute Gasteiger partial charge is 0.499 e. The molecule has 0 N–H and O–H groups in total. The highest BCUT2D eigenvalue weighted by Crippen LogP contribution is 2.14. The molecule has 1 aromatic carbocycles. The first-order chi connectivity index (χ1) is 7.10. The summed E-state index contributed by atoms with van der Waals surface area (Å²) >= 11 is 3.14. The van der Waals surface area contributed by atoms with E-state index < -0.39 is 9.84 Å². The summed E-state index contributed by atoms with van der Waals surface area (Å²) < 4.78 is 28.5. The Labute approximate surface area is 97.8 Å². The molecular formula is C10H11BrO3S. The van der Waals surface area contributed by atoms with E-state index in [9.17, 15) is 8.42 Å². The first-order valence-electron chi connectivity index (χ1n) is 4.21. The molecule has 0 saturated heterocycles. The van der Waals surface area contributed by atoms with E-state index in [1.54, 1.807) is 30.3 Å². The molecule has 0 saturated carbocycles. The number of methoxy groups -OCH3 is 1. The summed E-state index contributed by atoms with van der Waals surface area (Å²) in [5.74, 6) is 0.374. The Morgan fingerprint density at radius 3 is 2.47 bits per heavy atom. The van der Waals surface area contributed by atoms with Gasteiger partial charge in [0.1, 0.15) is 5.76 Å². The van der Waals surface area contributed by atoms with Gasteiger partial charge in [0.25, 0.3) is 0 Å². The van der Waals surface area contributed by atoms with Gasteiger partial charge in [-0.3, -0.25) is 0 Å². The molecule has 1 rings (SSSR count). The Balaban J connectivity index is 3.10. The highest BCUT2D eigenvalue weighted by molar-refractivity contribution is 9.09. The zero-order valence-corrected chi connectivity index (χ0v) is 10.6. The lowest BCUT2D eigenvalue weighted by atomic mass is 10.4. The number of allylic oxidation sites excluding steroid dienone is 1. The highest BCUT2D eigenvalue weighted by atomic mass is 79.9. The molecule has 0 heterocycles. The third-order valence-corrected chi connectivity index (χ3v) is 3.81. The number of halogens is 1. The molecule has 0 aliphatic carbocycles. The van der Waals surface area contributed by atoms with Crippen LogP contribution in [0.3, 0.4) is 0 Å². The summed E-state index contributed by atoms with van der Waals surface area (Å²) in [7, 11) is -1.96. The fourth-order valence-corrected chi connectivity index (χ4v) is 2.79. The Kier molecular flexibility index (Phi) is 4.35. The van der Waals surface area contributed by atoms with E-state index >= 15 is 0 Å². The second-order valence-electron chi connectivity index (χ2n) is 2.78. The zero-order valence-electron chi connectivity index (χ0n) is 8.18. The van der Waals surface area contributed by atoms with Crippen LogP contribution >= 0.6 is 15.9 Å². The van der Waals surface area contributed by atoms with E-state index in [0.29, 0.717) is 11.1 Å². The van der Waals surface area contributed by atoms with Crippen LogP contribution in [0.25, 0.3) is 0 Å². The number of hydrogen-bond acceptors (Lipinski definition) is 3. The summed E-state index contributed by atoms with van der Waals surface area (Å²) in [5.41, 5.74) is 0. The average Bonchev–Trinajstić information content (AvgIpc) is 2.27. The van der Waals surface area contributed by atoms with Gasteiger partial charge in [0.2, 0.25) is 9.84 Å². The van der Waals surface area contributed by atoms with Crippen molar-refractivity contribution in [2.45, 2.75) is 4.90 Å². The molecule has 1 aromatic rings. The van der Waals surface area contributed by atoms with Gasteiger partial charge in [0, 0.05) is 0 Å². The first-order valence-corrected chi connectivity index (χ1v) is 6.87. The second kappa shape index (κ2) is 5.32. The fraction of sp³-hybridized carbons (Fsp3) is 0.200. The number of ether oxygens (including phenoxy) is 1. The monoisotopic (exact) mass is 290 g/mol. The number of hydrogen-bond donors (Lipinski definition) is 0. The standard InChI is InChI=1S/C10H11BrO3S/c1-14-9(7-11)8-15(12,13)10-5-3-2-4-6-10/h2-6,8H,7H2,1H3/b9-8-. The van der Waals surface area contributed by atoms with Gasteiger partial charge in [-0.1, -0.05) is 34.1 Å². The molecule has 0 fully saturated rings. The average molecular weight is 291 g/mol. The number of benzene rings is 1. The van der Waals surface area contributed by atoms with Crippen molar-refractivity contribution >= 4 is 25.8 Å². The molecule has 3 nitrogen and oxygen atoms in total. The topological polar surface area (TPSA) is 43.4 Å². The molecule has 15 heavy (non-hydrogen) atoms. The van der Waals surface area contributed by atoms with Crippen LogP contribution in [0.2, 0.25) is 0 Å². The molecule has 0 atom stereocenters. The molecule has 0 aromatic heterocycles. The van der Waals surface area contributed by atoms with Crippen LogP contribution in [0, 0.1) is 0 Å².